The van der Waals surface area contributed by atoms with E-state index in [0.717, 1.165) is 0 Å². The highest BCUT2D eigenvalue weighted by Crippen LogP contribution is 2.18. The van der Waals surface area contributed by atoms with Crippen LogP contribution in [0.5, 0.6) is 0 Å². The Labute approximate surface area is 108 Å². The lowest BCUT2D eigenvalue weighted by Crippen LogP contribution is -2.47. The molecule has 7 heteroatoms. The topological polar surface area (TPSA) is 104 Å². The van der Waals surface area contributed by atoms with Gasteiger partial charge >= 0.3 is 13.1 Å². The van der Waals surface area contributed by atoms with Crippen LogP contribution in [0.4, 0.5) is 0 Å². The zero-order valence-corrected chi connectivity index (χ0v) is 10.8. The van der Waals surface area contributed by atoms with Gasteiger partial charge in [-0.05, 0) is 26.1 Å². The summed E-state index contributed by atoms with van der Waals surface area (Å²) in [7, 11) is -1.33. The van der Waals surface area contributed by atoms with Crippen LogP contribution in [0.15, 0.2) is 12.2 Å². The summed E-state index contributed by atoms with van der Waals surface area (Å²) in [6.07, 6.45) is 5.49. The summed E-state index contributed by atoms with van der Waals surface area (Å²) in [5.41, 5.74) is 4.52. The summed E-state index contributed by atoms with van der Waals surface area (Å²) in [6, 6.07) is 0. The van der Waals surface area contributed by atoms with E-state index in [4.69, 9.17) is 20.9 Å². The lowest BCUT2D eigenvalue weighted by Gasteiger charge is -2.23. The van der Waals surface area contributed by atoms with E-state index < -0.39 is 18.6 Å². The zero-order valence-electron chi connectivity index (χ0n) is 10.0. The van der Waals surface area contributed by atoms with Crippen molar-refractivity contribution in [1.82, 2.24) is 0 Å². The average Bonchev–Trinajstić information content (AvgIpc) is 2.21. The number of carboxylic acid groups (broad SMARTS) is 1. The predicted molar refractivity (Wildman–Crippen MR) is 70.1 cm³/mol. The molecule has 5 N–H and O–H groups in total. The van der Waals surface area contributed by atoms with Gasteiger partial charge in [-0.15, -0.1) is 12.4 Å². The molecule has 0 bridgehead atoms. The molecule has 0 rings (SSSR count). The minimum Gasteiger partial charge on any atom is -0.480 e. The highest BCUT2D eigenvalue weighted by atomic mass is 35.5. The Morgan fingerprint density at radius 1 is 1.41 bits per heavy atom. The number of hydrogen-bond acceptors (Lipinski definition) is 4. The second-order valence-corrected chi connectivity index (χ2v) is 3.96. The molecule has 0 amide bonds. The van der Waals surface area contributed by atoms with Crippen molar-refractivity contribution in [3.8, 4) is 0 Å². The molecule has 0 aliphatic carbocycles. The molecule has 0 spiro atoms. The lowest BCUT2D eigenvalue weighted by molar-refractivity contribution is -0.143. The van der Waals surface area contributed by atoms with Crippen LogP contribution >= 0.6 is 12.4 Å². The van der Waals surface area contributed by atoms with Crippen LogP contribution in [0.25, 0.3) is 0 Å². The molecule has 17 heavy (non-hydrogen) atoms. The van der Waals surface area contributed by atoms with Crippen molar-refractivity contribution < 1.29 is 19.9 Å². The number of rotatable bonds is 8. The second kappa shape index (κ2) is 9.47. The van der Waals surface area contributed by atoms with E-state index in [2.05, 4.69) is 0 Å². The van der Waals surface area contributed by atoms with Gasteiger partial charge in [0, 0.05) is 0 Å². The summed E-state index contributed by atoms with van der Waals surface area (Å²) >= 11 is 0. The van der Waals surface area contributed by atoms with Crippen molar-refractivity contribution in [3.05, 3.63) is 12.2 Å². The number of hydrogen-bond donors (Lipinski definition) is 4. The molecule has 0 saturated carbocycles. The highest BCUT2D eigenvalue weighted by molar-refractivity contribution is 6.40. The van der Waals surface area contributed by atoms with Crippen molar-refractivity contribution in [2.24, 2.45) is 5.73 Å². The number of aliphatic carboxylic acids is 1. The van der Waals surface area contributed by atoms with Crippen LogP contribution in [0.3, 0.4) is 0 Å². The minimum absolute atomic E-state index is 0. The molecule has 0 aromatic rings. The van der Waals surface area contributed by atoms with Gasteiger partial charge in [0.25, 0.3) is 0 Å². The first kappa shape index (κ1) is 18.8. The molecule has 0 aliphatic heterocycles. The molecule has 1 atom stereocenters. The largest absolute Gasteiger partial charge is 0.480 e. The maximum Gasteiger partial charge on any atom is 0.451 e. The van der Waals surface area contributed by atoms with Crippen molar-refractivity contribution in [3.63, 3.8) is 0 Å². The Morgan fingerprint density at radius 3 is 2.41 bits per heavy atom. The highest BCUT2D eigenvalue weighted by Gasteiger charge is 2.31. The maximum absolute atomic E-state index is 11.0. The van der Waals surface area contributed by atoms with E-state index in [1.165, 1.54) is 0 Å². The van der Waals surface area contributed by atoms with E-state index in [-0.39, 0.29) is 18.7 Å². The van der Waals surface area contributed by atoms with Crippen LogP contribution in [0.2, 0.25) is 6.32 Å². The van der Waals surface area contributed by atoms with Crippen molar-refractivity contribution in [2.45, 2.75) is 44.5 Å². The Bertz CT molecular complexity index is 250. The van der Waals surface area contributed by atoms with Gasteiger partial charge in [0.2, 0.25) is 0 Å². The van der Waals surface area contributed by atoms with Crippen LogP contribution in [-0.4, -0.2) is 33.8 Å². The Balaban J connectivity index is 0. The second-order valence-electron chi connectivity index (χ2n) is 3.96. The van der Waals surface area contributed by atoms with Crippen LogP contribution in [-0.2, 0) is 4.79 Å². The summed E-state index contributed by atoms with van der Waals surface area (Å²) in [5.74, 6) is -1.02. The first-order valence-corrected chi connectivity index (χ1v) is 5.42. The molecule has 1 unspecified atom stereocenters. The number of carboxylic acids is 1. The Kier molecular flexibility index (Phi) is 10.5. The van der Waals surface area contributed by atoms with Crippen LogP contribution in [0.1, 0.15) is 32.6 Å². The molecular formula is C10H21BClNO4. The van der Waals surface area contributed by atoms with E-state index in [0.29, 0.717) is 25.7 Å². The Morgan fingerprint density at radius 2 is 2.00 bits per heavy atom. The Hall–Kier alpha value is -0.555. The normalized spacial score (nSPS) is 14.1. The fraction of sp³-hybridized carbons (Fsp3) is 0.700. The summed E-state index contributed by atoms with van der Waals surface area (Å²) in [5, 5.41) is 26.3. The predicted octanol–water partition coefficient (Wildman–Crippen LogP) is 0.800. The summed E-state index contributed by atoms with van der Waals surface area (Å²) in [6.45, 7) is 1.81. The number of halogens is 1. The van der Waals surface area contributed by atoms with Crippen LogP contribution < -0.4 is 5.73 Å². The molecule has 0 aliphatic rings. The van der Waals surface area contributed by atoms with E-state index in [1.807, 2.05) is 6.92 Å². The molecule has 0 heterocycles. The van der Waals surface area contributed by atoms with Gasteiger partial charge in [0.15, 0.2) is 0 Å². The first-order chi connectivity index (χ1) is 7.42. The molecule has 0 aromatic heterocycles. The fourth-order valence-electron chi connectivity index (χ4n) is 1.39. The summed E-state index contributed by atoms with van der Waals surface area (Å²) in [4.78, 5) is 11.0. The first-order valence-electron chi connectivity index (χ1n) is 5.42. The smallest absolute Gasteiger partial charge is 0.451 e. The van der Waals surface area contributed by atoms with Gasteiger partial charge in [-0.1, -0.05) is 25.0 Å². The van der Waals surface area contributed by atoms with Crippen molar-refractivity contribution in [2.75, 3.05) is 0 Å². The van der Waals surface area contributed by atoms with Crippen LogP contribution in [0, 0.1) is 0 Å². The molecular weight excluding hydrogens is 244 g/mol. The third-order valence-corrected chi connectivity index (χ3v) is 2.48. The standard InChI is InChI=1S/C10H20BNO4.ClH/c1-2-3-6-10(12,9(13)14)7-4-5-8-11(15)16;/h2-3,15-16H,4-8,12H2,1H3,(H,13,14);1H/b3-2+;. The van der Waals surface area contributed by atoms with Gasteiger partial charge in [0.1, 0.15) is 5.54 Å². The fourth-order valence-corrected chi connectivity index (χ4v) is 1.39. The quantitative estimate of drug-likeness (QED) is 0.295. The van der Waals surface area contributed by atoms with E-state index in [1.54, 1.807) is 12.2 Å². The number of nitrogens with two attached hydrogens (primary N) is 1. The van der Waals surface area contributed by atoms with Gasteiger partial charge in [-0.2, -0.15) is 0 Å². The van der Waals surface area contributed by atoms with E-state index in [9.17, 15) is 4.79 Å². The van der Waals surface area contributed by atoms with Gasteiger partial charge in [0.05, 0.1) is 0 Å². The molecule has 0 aromatic carbocycles. The molecule has 0 fully saturated rings. The lowest BCUT2D eigenvalue weighted by atomic mass is 9.81. The van der Waals surface area contributed by atoms with Gasteiger partial charge in [-0.25, -0.2) is 0 Å². The average molecular weight is 266 g/mol. The maximum atomic E-state index is 11.0. The summed E-state index contributed by atoms with van der Waals surface area (Å²) < 4.78 is 0. The zero-order chi connectivity index (χ0) is 12.6. The van der Waals surface area contributed by atoms with Gasteiger partial charge in [-0.3, -0.25) is 4.79 Å². The number of allylic oxidation sites excluding steroid dienone is 1. The molecule has 0 radical (unpaired) electrons. The number of unbranched alkanes of at least 4 members (excludes halogenated alkanes) is 1. The molecule has 5 nitrogen and oxygen atoms in total. The van der Waals surface area contributed by atoms with Gasteiger partial charge < -0.3 is 20.9 Å². The minimum atomic E-state index is -1.33. The third-order valence-electron chi connectivity index (χ3n) is 2.48. The molecule has 0 saturated heterocycles. The van der Waals surface area contributed by atoms with Crippen molar-refractivity contribution in [1.29, 1.82) is 0 Å². The van der Waals surface area contributed by atoms with E-state index >= 15 is 0 Å². The molecule has 100 valence electrons. The SMILES string of the molecule is C/C=C/CC(N)(CCCCB(O)O)C(=O)O.Cl. The number of carbonyl (C=O) groups is 1. The van der Waals surface area contributed by atoms with Crippen molar-refractivity contribution >= 4 is 25.5 Å². The monoisotopic (exact) mass is 265 g/mol. The third kappa shape index (κ3) is 8.21.